The van der Waals surface area contributed by atoms with Crippen molar-refractivity contribution in [1.29, 1.82) is 0 Å². The van der Waals surface area contributed by atoms with E-state index in [1.54, 1.807) is 9.58 Å². The molecule has 4 rings (SSSR count). The minimum absolute atomic E-state index is 0.196. The van der Waals surface area contributed by atoms with Crippen molar-refractivity contribution in [3.8, 4) is 11.3 Å². The molecule has 0 aliphatic carbocycles. The fourth-order valence-electron chi connectivity index (χ4n) is 3.98. The molecule has 0 radical (unpaired) electrons. The molecule has 2 atom stereocenters. The zero-order valence-corrected chi connectivity index (χ0v) is 20.3. The highest BCUT2D eigenvalue weighted by molar-refractivity contribution is 5.69. The van der Waals surface area contributed by atoms with Crippen molar-refractivity contribution in [2.75, 3.05) is 13.1 Å². The quantitative estimate of drug-likeness (QED) is 0.584. The smallest absolute Gasteiger partial charge is 0.410 e. The molecule has 9 nitrogen and oxygen atoms in total. The lowest BCUT2D eigenvalue weighted by Gasteiger charge is -2.38. The summed E-state index contributed by atoms with van der Waals surface area (Å²) in [5, 5.41) is 11.6. The lowest BCUT2D eigenvalue weighted by atomic mass is 9.99. The summed E-state index contributed by atoms with van der Waals surface area (Å²) in [6.07, 6.45) is 1.45. The van der Waals surface area contributed by atoms with Crippen molar-refractivity contribution >= 4 is 12.2 Å². The molecule has 1 aliphatic rings. The highest BCUT2D eigenvalue weighted by atomic mass is 16.6. The first-order valence-corrected chi connectivity index (χ1v) is 11.7. The van der Waals surface area contributed by atoms with Crippen LogP contribution >= 0.6 is 0 Å². The predicted octanol–water partition coefficient (Wildman–Crippen LogP) is 4.42. The second-order valence-corrected chi connectivity index (χ2v) is 9.54. The van der Waals surface area contributed by atoms with Crippen LogP contribution in [0.5, 0.6) is 0 Å². The summed E-state index contributed by atoms with van der Waals surface area (Å²) in [4.78, 5) is 27.0. The van der Waals surface area contributed by atoms with Crippen LogP contribution in [0.4, 0.5) is 9.59 Å². The molecule has 1 aromatic heterocycles. The normalized spacial score (nSPS) is 18.1. The number of hydrogen-bond acceptors (Lipinski definition) is 6. The molecule has 2 amide bonds. The third-order valence-corrected chi connectivity index (χ3v) is 5.67. The molecule has 0 spiro atoms. The molecule has 1 aliphatic heterocycles. The van der Waals surface area contributed by atoms with Crippen molar-refractivity contribution < 1.29 is 19.1 Å². The van der Waals surface area contributed by atoms with Crippen LogP contribution in [-0.2, 0) is 16.1 Å². The van der Waals surface area contributed by atoms with Gasteiger partial charge in [-0.3, -0.25) is 0 Å². The van der Waals surface area contributed by atoms with E-state index in [0.29, 0.717) is 25.2 Å². The minimum Gasteiger partial charge on any atom is -0.445 e. The van der Waals surface area contributed by atoms with Crippen molar-refractivity contribution in [3.63, 3.8) is 0 Å². The van der Waals surface area contributed by atoms with Gasteiger partial charge in [0.05, 0.1) is 18.3 Å². The van der Waals surface area contributed by atoms with Gasteiger partial charge in [-0.05, 0) is 32.8 Å². The molecular weight excluding hydrogens is 446 g/mol. The highest BCUT2D eigenvalue weighted by Gasteiger charge is 2.36. The third kappa shape index (κ3) is 6.59. The molecular formula is C26H31N5O4. The standard InChI is InChI=1S/C26H31N5O4/c1-26(2,3)35-24(32)27-21-14-15-30(25(33)34-18-19-10-6-4-7-11-19)17-23(21)31-16-22(28-29-31)20-12-8-5-9-13-20/h4-13,16,21,23H,14-15,17-18H2,1-3H3,(H,27,32)/t21-,23-/m1/s1. The van der Waals surface area contributed by atoms with Crippen molar-refractivity contribution in [1.82, 2.24) is 25.2 Å². The molecule has 0 saturated carbocycles. The number of rotatable bonds is 5. The summed E-state index contributed by atoms with van der Waals surface area (Å²) in [6.45, 7) is 6.40. The number of likely N-dealkylation sites (tertiary alicyclic amines) is 1. The first kappa shape index (κ1) is 24.3. The molecule has 3 aromatic rings. The zero-order chi connectivity index (χ0) is 24.8. The molecule has 2 heterocycles. The molecule has 2 aromatic carbocycles. The van der Waals surface area contributed by atoms with Gasteiger partial charge in [0.15, 0.2) is 0 Å². The maximum atomic E-state index is 12.8. The largest absolute Gasteiger partial charge is 0.445 e. The third-order valence-electron chi connectivity index (χ3n) is 5.67. The van der Waals surface area contributed by atoms with E-state index >= 15 is 0 Å². The van der Waals surface area contributed by atoms with Crippen molar-refractivity contribution in [2.45, 2.75) is 51.5 Å². The van der Waals surface area contributed by atoms with Crippen LogP contribution in [0.15, 0.2) is 66.9 Å². The maximum Gasteiger partial charge on any atom is 0.410 e. The van der Waals surface area contributed by atoms with Crippen LogP contribution in [0.3, 0.4) is 0 Å². The molecule has 0 bridgehead atoms. The molecule has 9 heteroatoms. The number of amides is 2. The van der Waals surface area contributed by atoms with E-state index in [-0.39, 0.29) is 18.7 Å². The number of carbonyl (C=O) groups excluding carboxylic acids is 2. The van der Waals surface area contributed by atoms with Crippen LogP contribution in [0, 0.1) is 0 Å². The van der Waals surface area contributed by atoms with Gasteiger partial charge in [0, 0.05) is 18.7 Å². The van der Waals surface area contributed by atoms with E-state index in [1.165, 1.54) is 0 Å². The summed E-state index contributed by atoms with van der Waals surface area (Å²) >= 11 is 0. The molecule has 1 saturated heterocycles. The Hall–Kier alpha value is -3.88. The van der Waals surface area contributed by atoms with Crippen LogP contribution in [-0.4, -0.2) is 56.8 Å². The van der Waals surface area contributed by atoms with E-state index in [0.717, 1.165) is 11.1 Å². The average Bonchev–Trinajstić information content (AvgIpc) is 3.33. The van der Waals surface area contributed by atoms with Crippen LogP contribution in [0.2, 0.25) is 0 Å². The first-order chi connectivity index (χ1) is 16.8. The lowest BCUT2D eigenvalue weighted by Crippen LogP contribution is -2.53. The van der Waals surface area contributed by atoms with Gasteiger partial charge >= 0.3 is 12.2 Å². The zero-order valence-electron chi connectivity index (χ0n) is 20.3. The van der Waals surface area contributed by atoms with Gasteiger partial charge in [-0.15, -0.1) is 5.10 Å². The van der Waals surface area contributed by atoms with Gasteiger partial charge in [-0.1, -0.05) is 65.9 Å². The van der Waals surface area contributed by atoms with Crippen molar-refractivity contribution in [2.24, 2.45) is 0 Å². The number of carbonyl (C=O) groups is 2. The fraction of sp³-hybridized carbons (Fsp3) is 0.385. The van der Waals surface area contributed by atoms with E-state index in [4.69, 9.17) is 9.47 Å². The fourth-order valence-corrected chi connectivity index (χ4v) is 3.98. The topological polar surface area (TPSA) is 98.6 Å². The Morgan fingerprint density at radius 3 is 2.43 bits per heavy atom. The van der Waals surface area contributed by atoms with Crippen molar-refractivity contribution in [3.05, 3.63) is 72.4 Å². The summed E-state index contributed by atoms with van der Waals surface area (Å²) < 4.78 is 12.7. The molecule has 1 fully saturated rings. The first-order valence-electron chi connectivity index (χ1n) is 11.7. The number of piperidine rings is 1. The second-order valence-electron chi connectivity index (χ2n) is 9.54. The van der Waals surface area contributed by atoms with Crippen LogP contribution in [0.25, 0.3) is 11.3 Å². The maximum absolute atomic E-state index is 12.8. The van der Waals surface area contributed by atoms with E-state index in [1.807, 2.05) is 87.6 Å². The molecule has 184 valence electrons. The Balaban J connectivity index is 1.49. The Morgan fingerprint density at radius 2 is 1.74 bits per heavy atom. The Bertz CT molecular complexity index is 1130. The Kier molecular flexibility index (Phi) is 7.33. The number of alkyl carbamates (subject to hydrolysis) is 1. The SMILES string of the molecule is CC(C)(C)OC(=O)N[C@@H]1CCN(C(=O)OCc2ccccc2)C[C@H]1n1cc(-c2ccccc2)nn1. The van der Waals surface area contributed by atoms with E-state index in [9.17, 15) is 9.59 Å². The van der Waals surface area contributed by atoms with E-state index in [2.05, 4.69) is 15.6 Å². The minimum atomic E-state index is -0.616. The summed E-state index contributed by atoms with van der Waals surface area (Å²) in [7, 11) is 0. The second kappa shape index (κ2) is 10.6. The monoisotopic (exact) mass is 477 g/mol. The predicted molar refractivity (Wildman–Crippen MR) is 130 cm³/mol. The van der Waals surface area contributed by atoms with Gasteiger partial charge in [0.1, 0.15) is 17.9 Å². The number of ether oxygens (including phenoxy) is 2. The van der Waals surface area contributed by atoms with Gasteiger partial charge in [-0.2, -0.15) is 0 Å². The lowest BCUT2D eigenvalue weighted by molar-refractivity contribution is 0.0411. The van der Waals surface area contributed by atoms with Gasteiger partial charge < -0.3 is 19.7 Å². The summed E-state index contributed by atoms with van der Waals surface area (Å²) in [5.74, 6) is 0. The number of aromatic nitrogens is 3. The van der Waals surface area contributed by atoms with Crippen LogP contribution < -0.4 is 5.32 Å². The number of nitrogens with zero attached hydrogens (tertiary/aromatic N) is 4. The van der Waals surface area contributed by atoms with Gasteiger partial charge in [-0.25, -0.2) is 14.3 Å². The van der Waals surface area contributed by atoms with E-state index < -0.39 is 17.8 Å². The Morgan fingerprint density at radius 1 is 1.06 bits per heavy atom. The molecule has 1 N–H and O–H groups in total. The molecule has 35 heavy (non-hydrogen) atoms. The number of benzene rings is 2. The number of nitrogens with one attached hydrogen (secondary N) is 1. The van der Waals surface area contributed by atoms with Gasteiger partial charge in [0.2, 0.25) is 0 Å². The van der Waals surface area contributed by atoms with Gasteiger partial charge in [0.25, 0.3) is 0 Å². The average molecular weight is 478 g/mol. The van der Waals surface area contributed by atoms with Crippen LogP contribution in [0.1, 0.15) is 38.8 Å². The molecule has 0 unspecified atom stereocenters. The summed E-state index contributed by atoms with van der Waals surface area (Å²) in [6, 6.07) is 18.6. The number of hydrogen-bond donors (Lipinski definition) is 1. The highest BCUT2D eigenvalue weighted by Crippen LogP contribution is 2.25. The Labute approximate surface area is 205 Å². The summed E-state index contributed by atoms with van der Waals surface area (Å²) in [5.41, 5.74) is 1.95.